The molecule has 0 fully saturated rings. The second-order valence-corrected chi connectivity index (χ2v) is 7.33. The van der Waals surface area contributed by atoms with Crippen molar-refractivity contribution in [2.75, 3.05) is 12.4 Å². The van der Waals surface area contributed by atoms with Gasteiger partial charge in [-0.1, -0.05) is 38.1 Å². The Hall–Kier alpha value is -2.10. The molecule has 6 nitrogen and oxygen atoms in total. The Kier molecular flexibility index (Phi) is 8.68. The number of nitrogens with zero attached hydrogens (tertiary/aromatic N) is 3. The molecule has 29 heavy (non-hydrogen) atoms. The van der Waals surface area contributed by atoms with Crippen LogP contribution < -0.4 is 10.1 Å². The average Bonchev–Trinajstić information content (AvgIpc) is 3.03. The largest absolute Gasteiger partial charge is 2.00 e. The number of anilines is 1. The molecule has 1 heterocycles. The molecule has 0 aliphatic heterocycles. The van der Waals surface area contributed by atoms with Gasteiger partial charge >= 0.3 is 31.1 Å². The molecule has 0 unspecified atom stereocenters. The van der Waals surface area contributed by atoms with Crippen molar-refractivity contribution in [3.63, 3.8) is 0 Å². The third-order valence-corrected chi connectivity index (χ3v) is 4.34. The Balaban J connectivity index is 0.00000210. The molecule has 0 aliphatic rings. The summed E-state index contributed by atoms with van der Waals surface area (Å²) >= 11 is 0. The van der Waals surface area contributed by atoms with Crippen LogP contribution in [-0.2, 0) is 5.41 Å². The molecule has 1 N–H and O–H groups in total. The normalized spacial score (nSPS) is 10.5. The first-order chi connectivity index (χ1) is 12.8. The molecule has 1 aromatic heterocycles. The van der Waals surface area contributed by atoms with E-state index in [4.69, 9.17) is 4.74 Å². The van der Waals surface area contributed by atoms with Gasteiger partial charge in [0.1, 0.15) is 0 Å². The van der Waals surface area contributed by atoms with Gasteiger partial charge in [-0.15, -0.1) is 17.2 Å². The SMILES string of the molecule is COc1cc[c-]c(-n2nnc(C(=O)Nc3ccc(C(C)(C)C)cc3)c2C)c1.[CH3-].[U+2]. The van der Waals surface area contributed by atoms with Crippen molar-refractivity contribution in [1.82, 2.24) is 15.0 Å². The molecule has 150 valence electrons. The minimum absolute atomic E-state index is 0. The first-order valence-electron chi connectivity index (χ1n) is 8.70. The van der Waals surface area contributed by atoms with Crippen LogP contribution in [0.4, 0.5) is 5.69 Å². The minimum atomic E-state index is -0.301. The van der Waals surface area contributed by atoms with Crippen LogP contribution in [0.5, 0.6) is 5.75 Å². The number of carbonyl (C=O) groups is 1. The summed E-state index contributed by atoms with van der Waals surface area (Å²) in [5.41, 5.74) is 3.54. The van der Waals surface area contributed by atoms with Gasteiger partial charge in [0, 0.05) is 11.4 Å². The number of amides is 1. The van der Waals surface area contributed by atoms with E-state index in [9.17, 15) is 4.79 Å². The van der Waals surface area contributed by atoms with Crippen LogP contribution in [0.1, 0.15) is 42.5 Å². The van der Waals surface area contributed by atoms with E-state index >= 15 is 0 Å². The number of hydrogen-bond donors (Lipinski definition) is 1. The topological polar surface area (TPSA) is 69.0 Å². The second-order valence-electron chi connectivity index (χ2n) is 7.33. The summed E-state index contributed by atoms with van der Waals surface area (Å²) < 4.78 is 6.79. The number of hydrogen-bond acceptors (Lipinski definition) is 4. The summed E-state index contributed by atoms with van der Waals surface area (Å²) in [7, 11) is 1.59. The summed E-state index contributed by atoms with van der Waals surface area (Å²) in [6.45, 7) is 8.25. The predicted molar refractivity (Wildman–Crippen MR) is 111 cm³/mol. The van der Waals surface area contributed by atoms with Gasteiger partial charge in [-0.2, -0.15) is 12.1 Å². The molecule has 7 heteroatoms. The molecule has 3 rings (SSSR count). The first-order valence-corrected chi connectivity index (χ1v) is 8.70. The fourth-order valence-corrected chi connectivity index (χ4v) is 2.69. The van der Waals surface area contributed by atoms with Crippen molar-refractivity contribution in [3.05, 3.63) is 72.9 Å². The van der Waals surface area contributed by atoms with Gasteiger partial charge in [0.15, 0.2) is 5.69 Å². The molecule has 0 atom stereocenters. The maximum Gasteiger partial charge on any atom is 2.00 e. The third-order valence-electron chi connectivity index (χ3n) is 4.34. The summed E-state index contributed by atoms with van der Waals surface area (Å²) in [6.07, 6.45) is 0. The van der Waals surface area contributed by atoms with Gasteiger partial charge in [0.05, 0.1) is 12.8 Å². The van der Waals surface area contributed by atoms with Crippen molar-refractivity contribution >= 4 is 11.6 Å². The second kappa shape index (κ2) is 10.1. The Labute approximate surface area is 196 Å². The number of ether oxygens (including phenoxy) is 1. The molecule has 2 aromatic carbocycles. The van der Waals surface area contributed by atoms with E-state index in [-0.39, 0.29) is 55.6 Å². The number of aromatic nitrogens is 3. The maximum absolute atomic E-state index is 12.6. The van der Waals surface area contributed by atoms with Gasteiger partial charge in [-0.25, -0.2) is 4.68 Å². The maximum atomic E-state index is 12.6. The molecule has 0 saturated carbocycles. The average molecular weight is 617 g/mol. The molecular weight excluding hydrogens is 590 g/mol. The number of methoxy groups -OCH3 is 1. The Morgan fingerprint density at radius 3 is 2.41 bits per heavy atom. The Bertz CT molecular complexity index is 960. The van der Waals surface area contributed by atoms with E-state index in [0.717, 1.165) is 5.69 Å². The van der Waals surface area contributed by atoms with E-state index < -0.39 is 0 Å². The van der Waals surface area contributed by atoms with Gasteiger partial charge in [-0.3, -0.25) is 4.79 Å². The number of rotatable bonds is 4. The Morgan fingerprint density at radius 2 is 1.83 bits per heavy atom. The monoisotopic (exact) mass is 616 g/mol. The number of carbonyl (C=O) groups excluding carboxylic acids is 1. The minimum Gasteiger partial charge on any atom is -0.522 e. The van der Waals surface area contributed by atoms with Crippen LogP contribution in [0.2, 0.25) is 0 Å². The predicted octanol–water partition coefficient (Wildman–Crippen LogP) is 4.38. The van der Waals surface area contributed by atoms with E-state index in [1.165, 1.54) is 5.56 Å². The third kappa shape index (κ3) is 5.71. The van der Waals surface area contributed by atoms with Crippen LogP contribution in [0.15, 0.2) is 42.5 Å². The van der Waals surface area contributed by atoms with Crippen molar-refractivity contribution in [1.29, 1.82) is 0 Å². The number of nitrogens with one attached hydrogen (secondary N) is 1. The quantitative estimate of drug-likeness (QED) is 0.442. The smallest absolute Gasteiger partial charge is 0.522 e. The molecule has 0 saturated heterocycles. The van der Waals surface area contributed by atoms with Gasteiger partial charge in [-0.05, 0) is 35.7 Å². The molecule has 0 spiro atoms. The van der Waals surface area contributed by atoms with Gasteiger partial charge in [0.25, 0.3) is 5.91 Å². The van der Waals surface area contributed by atoms with Crippen molar-refractivity contribution in [2.45, 2.75) is 33.1 Å². The van der Waals surface area contributed by atoms with Crippen molar-refractivity contribution in [3.8, 4) is 11.4 Å². The molecule has 0 radical (unpaired) electrons. The summed E-state index contributed by atoms with van der Waals surface area (Å²) in [4.78, 5) is 12.6. The van der Waals surface area contributed by atoms with Crippen molar-refractivity contribution in [2.24, 2.45) is 0 Å². The van der Waals surface area contributed by atoms with Crippen LogP contribution in [-0.4, -0.2) is 28.0 Å². The zero-order valence-corrected chi connectivity index (χ0v) is 21.9. The van der Waals surface area contributed by atoms with Crippen LogP contribution in [0.3, 0.4) is 0 Å². The zero-order valence-electron chi connectivity index (χ0n) is 17.7. The zero-order chi connectivity index (χ0) is 19.6. The standard InChI is InChI=1S/C21H23N4O2.CH3.U/c1-14-19(23-24-25(14)17-7-6-8-18(13-17)27-5)20(26)22-16-11-9-15(10-12-16)21(2,3)4;;/h6,8-13H,1-5H3,(H,22,26);1H3;/q2*-1;+2. The summed E-state index contributed by atoms with van der Waals surface area (Å²) in [5.74, 6) is 0.383. The van der Waals surface area contributed by atoms with Gasteiger partial charge in [0.2, 0.25) is 0 Å². The van der Waals surface area contributed by atoms with Crippen LogP contribution in [0.25, 0.3) is 5.69 Å². The molecule has 0 bridgehead atoms. The Morgan fingerprint density at radius 1 is 1.17 bits per heavy atom. The summed E-state index contributed by atoms with van der Waals surface area (Å²) in [5, 5.41) is 11.0. The van der Waals surface area contributed by atoms with E-state index in [0.29, 0.717) is 17.1 Å². The van der Waals surface area contributed by atoms with E-state index in [1.807, 2.05) is 24.3 Å². The number of benzene rings is 2. The fourth-order valence-electron chi connectivity index (χ4n) is 2.69. The van der Waals surface area contributed by atoms with E-state index in [2.05, 4.69) is 42.5 Å². The van der Waals surface area contributed by atoms with Crippen LogP contribution in [0, 0.1) is 51.5 Å². The summed E-state index contributed by atoms with van der Waals surface area (Å²) in [6, 6.07) is 16.2. The first kappa shape index (κ1) is 24.9. The molecular formula is C22H26N4O2U. The van der Waals surface area contributed by atoms with Crippen molar-refractivity contribution < 1.29 is 40.6 Å². The molecule has 3 aromatic rings. The van der Waals surface area contributed by atoms with E-state index in [1.54, 1.807) is 36.9 Å². The molecule has 1 amide bonds. The molecule has 0 aliphatic carbocycles. The van der Waals surface area contributed by atoms with Crippen LogP contribution >= 0.6 is 0 Å². The van der Waals surface area contributed by atoms with Gasteiger partial charge < -0.3 is 17.5 Å². The fraction of sp³-hybridized carbons (Fsp3) is 0.273.